The van der Waals surface area contributed by atoms with Crippen LogP contribution >= 0.6 is 0 Å². The Bertz CT molecular complexity index is 395. The summed E-state index contributed by atoms with van der Waals surface area (Å²) in [5.74, 6) is -2.09. The molecule has 0 aromatic carbocycles. The predicted molar refractivity (Wildman–Crippen MR) is 60.7 cm³/mol. The molecule has 0 bridgehead atoms. The number of hydrogen-bond acceptors (Lipinski definition) is 5. The highest BCUT2D eigenvalue weighted by Crippen LogP contribution is 2.11. The zero-order valence-corrected chi connectivity index (χ0v) is 10.0. The third-order valence-corrected chi connectivity index (χ3v) is 2.72. The smallest absolute Gasteiger partial charge is 0.251 e. The first-order valence-electron chi connectivity index (χ1n) is 5.47. The summed E-state index contributed by atoms with van der Waals surface area (Å²) in [7, 11) is 1.35. The molecule has 1 rings (SSSR count). The Hall–Kier alpha value is -1.96. The van der Waals surface area contributed by atoms with Gasteiger partial charge in [-0.25, -0.2) is 0 Å². The number of amides is 4. The van der Waals surface area contributed by atoms with Crippen molar-refractivity contribution in [1.82, 2.24) is 10.2 Å². The van der Waals surface area contributed by atoms with Crippen LogP contribution in [0.4, 0.5) is 0 Å². The van der Waals surface area contributed by atoms with Crippen LogP contribution in [0.1, 0.15) is 19.3 Å². The van der Waals surface area contributed by atoms with Crippen molar-refractivity contribution in [1.29, 1.82) is 0 Å². The lowest BCUT2D eigenvalue weighted by Crippen LogP contribution is -2.56. The molecule has 0 aromatic heterocycles. The maximum absolute atomic E-state index is 11.7. The average molecular weight is 256 g/mol. The molecule has 8 nitrogen and oxygen atoms in total. The molecule has 2 unspecified atom stereocenters. The Kier molecular flexibility index (Phi) is 4.38. The second-order valence-corrected chi connectivity index (χ2v) is 4.17. The summed E-state index contributed by atoms with van der Waals surface area (Å²) >= 11 is 0. The first kappa shape index (κ1) is 14.1. The molecule has 1 aliphatic heterocycles. The zero-order chi connectivity index (χ0) is 13.9. The average Bonchev–Trinajstić information content (AvgIpc) is 2.29. The number of carbonyl (C=O) groups excluding carboxylic acids is 4. The number of nitrogens with one attached hydrogen (secondary N) is 1. The van der Waals surface area contributed by atoms with Gasteiger partial charge in [-0.1, -0.05) is 0 Å². The van der Waals surface area contributed by atoms with Crippen LogP contribution in [-0.4, -0.2) is 47.7 Å². The summed E-state index contributed by atoms with van der Waals surface area (Å²) in [5, 5.41) is 2.41. The van der Waals surface area contributed by atoms with E-state index in [2.05, 4.69) is 5.32 Å². The quantitative estimate of drug-likeness (QED) is 0.476. The van der Waals surface area contributed by atoms with Gasteiger partial charge in [-0.3, -0.25) is 24.1 Å². The van der Waals surface area contributed by atoms with E-state index in [0.717, 1.165) is 4.90 Å². The van der Waals surface area contributed by atoms with E-state index in [1.807, 2.05) is 0 Å². The SMILES string of the molecule is CN1C(=O)CCC(NC(=O)C(N)CC(N)=O)C1=O. The fourth-order valence-electron chi connectivity index (χ4n) is 1.64. The van der Waals surface area contributed by atoms with Gasteiger partial charge in [-0.15, -0.1) is 0 Å². The van der Waals surface area contributed by atoms with Crippen LogP contribution in [0.25, 0.3) is 0 Å². The molecule has 0 spiro atoms. The van der Waals surface area contributed by atoms with Gasteiger partial charge in [0.15, 0.2) is 0 Å². The Morgan fingerprint density at radius 1 is 1.50 bits per heavy atom. The first-order valence-corrected chi connectivity index (χ1v) is 5.47. The number of carbonyl (C=O) groups is 4. The fraction of sp³-hybridized carbons (Fsp3) is 0.600. The topological polar surface area (TPSA) is 136 Å². The number of rotatable bonds is 4. The van der Waals surface area contributed by atoms with Crippen molar-refractivity contribution in [3.05, 3.63) is 0 Å². The highest BCUT2D eigenvalue weighted by atomic mass is 16.2. The summed E-state index contributed by atoms with van der Waals surface area (Å²) in [6.45, 7) is 0. The van der Waals surface area contributed by atoms with Gasteiger partial charge in [-0.05, 0) is 6.42 Å². The van der Waals surface area contributed by atoms with Crippen LogP contribution < -0.4 is 16.8 Å². The van der Waals surface area contributed by atoms with Crippen LogP contribution in [0, 0.1) is 0 Å². The highest BCUT2D eigenvalue weighted by molar-refractivity contribution is 6.02. The van der Waals surface area contributed by atoms with Crippen LogP contribution in [0.15, 0.2) is 0 Å². The molecule has 1 aliphatic rings. The van der Waals surface area contributed by atoms with Crippen LogP contribution in [0.3, 0.4) is 0 Å². The monoisotopic (exact) mass is 256 g/mol. The lowest BCUT2D eigenvalue weighted by Gasteiger charge is -2.28. The third kappa shape index (κ3) is 3.27. The lowest BCUT2D eigenvalue weighted by atomic mass is 10.0. The zero-order valence-electron chi connectivity index (χ0n) is 10.0. The fourth-order valence-corrected chi connectivity index (χ4v) is 1.64. The number of hydrogen-bond donors (Lipinski definition) is 3. The predicted octanol–water partition coefficient (Wildman–Crippen LogP) is -2.55. The Balaban J connectivity index is 2.57. The Morgan fingerprint density at radius 2 is 2.11 bits per heavy atom. The molecule has 100 valence electrons. The largest absolute Gasteiger partial charge is 0.370 e. The van der Waals surface area contributed by atoms with Crippen molar-refractivity contribution >= 4 is 23.6 Å². The maximum atomic E-state index is 11.7. The maximum Gasteiger partial charge on any atom is 0.251 e. The molecule has 4 amide bonds. The minimum Gasteiger partial charge on any atom is -0.370 e. The molecule has 2 atom stereocenters. The molecule has 0 radical (unpaired) electrons. The van der Waals surface area contributed by atoms with E-state index in [1.165, 1.54) is 7.05 Å². The minimum atomic E-state index is -1.08. The molecule has 1 heterocycles. The van der Waals surface area contributed by atoms with Crippen LogP contribution in [-0.2, 0) is 19.2 Å². The van der Waals surface area contributed by atoms with E-state index < -0.39 is 29.8 Å². The normalized spacial score (nSPS) is 21.7. The summed E-state index contributed by atoms with van der Waals surface area (Å²) in [5.41, 5.74) is 10.4. The Labute approximate surface area is 104 Å². The Morgan fingerprint density at radius 3 is 2.67 bits per heavy atom. The molecule has 1 fully saturated rings. The van der Waals surface area contributed by atoms with E-state index in [4.69, 9.17) is 11.5 Å². The number of primary amides is 1. The summed E-state index contributed by atoms with van der Waals surface area (Å²) in [4.78, 5) is 46.1. The second-order valence-electron chi connectivity index (χ2n) is 4.17. The van der Waals surface area contributed by atoms with Gasteiger partial charge in [-0.2, -0.15) is 0 Å². The molecular weight excluding hydrogens is 240 g/mol. The van der Waals surface area contributed by atoms with Crippen molar-refractivity contribution in [2.75, 3.05) is 7.05 Å². The van der Waals surface area contributed by atoms with E-state index in [-0.39, 0.29) is 25.2 Å². The molecule has 0 saturated carbocycles. The lowest BCUT2D eigenvalue weighted by molar-refractivity contribution is -0.149. The van der Waals surface area contributed by atoms with Crippen LogP contribution in [0.2, 0.25) is 0 Å². The highest BCUT2D eigenvalue weighted by Gasteiger charge is 2.33. The molecular formula is C10H16N4O4. The van der Waals surface area contributed by atoms with Gasteiger partial charge in [0, 0.05) is 13.5 Å². The number of nitrogens with two attached hydrogens (primary N) is 2. The van der Waals surface area contributed by atoms with E-state index in [1.54, 1.807) is 0 Å². The standard InChI is InChI=1S/C10H16N4O4/c1-14-8(16)3-2-6(10(14)18)13-9(17)5(11)4-7(12)15/h5-6H,2-4,11H2,1H3,(H2,12,15)(H,13,17). The van der Waals surface area contributed by atoms with Crippen molar-refractivity contribution in [3.63, 3.8) is 0 Å². The van der Waals surface area contributed by atoms with Gasteiger partial charge >= 0.3 is 0 Å². The second kappa shape index (κ2) is 5.58. The van der Waals surface area contributed by atoms with E-state index in [9.17, 15) is 19.2 Å². The van der Waals surface area contributed by atoms with Crippen molar-refractivity contribution in [2.24, 2.45) is 11.5 Å². The van der Waals surface area contributed by atoms with Gasteiger partial charge < -0.3 is 16.8 Å². The van der Waals surface area contributed by atoms with Crippen molar-refractivity contribution < 1.29 is 19.2 Å². The van der Waals surface area contributed by atoms with E-state index in [0.29, 0.717) is 0 Å². The van der Waals surface area contributed by atoms with Gasteiger partial charge in [0.25, 0.3) is 5.91 Å². The van der Waals surface area contributed by atoms with Crippen molar-refractivity contribution in [3.8, 4) is 0 Å². The number of likely N-dealkylation sites (N-methyl/N-ethyl adjacent to an activating group) is 1. The molecule has 8 heteroatoms. The summed E-state index contributed by atoms with van der Waals surface area (Å²) in [6, 6.07) is -1.86. The number of likely N-dealkylation sites (tertiary alicyclic amines) is 1. The summed E-state index contributed by atoms with van der Waals surface area (Å²) in [6.07, 6.45) is 0.122. The summed E-state index contributed by atoms with van der Waals surface area (Å²) < 4.78 is 0. The number of piperidine rings is 1. The van der Waals surface area contributed by atoms with E-state index >= 15 is 0 Å². The number of imide groups is 1. The molecule has 0 aromatic rings. The molecule has 5 N–H and O–H groups in total. The van der Waals surface area contributed by atoms with Gasteiger partial charge in [0.1, 0.15) is 6.04 Å². The van der Waals surface area contributed by atoms with Gasteiger partial charge in [0.05, 0.1) is 12.5 Å². The molecule has 0 aliphatic carbocycles. The first-order chi connectivity index (χ1) is 8.32. The van der Waals surface area contributed by atoms with Crippen molar-refractivity contribution in [2.45, 2.75) is 31.3 Å². The third-order valence-electron chi connectivity index (χ3n) is 2.72. The number of nitrogens with zero attached hydrogens (tertiary/aromatic N) is 1. The molecule has 18 heavy (non-hydrogen) atoms. The minimum absolute atomic E-state index is 0.179. The van der Waals surface area contributed by atoms with Crippen LogP contribution in [0.5, 0.6) is 0 Å². The van der Waals surface area contributed by atoms with Gasteiger partial charge in [0.2, 0.25) is 17.7 Å². The molecule has 1 saturated heterocycles.